The van der Waals surface area contributed by atoms with Gasteiger partial charge >= 0.3 is 0 Å². The number of hydrogen-bond acceptors (Lipinski definition) is 5. The molecule has 0 aliphatic carbocycles. The first kappa shape index (κ1) is 18.9. The second-order valence-electron chi connectivity index (χ2n) is 5.75. The van der Waals surface area contributed by atoms with E-state index in [4.69, 9.17) is 9.47 Å². The van der Waals surface area contributed by atoms with E-state index in [1.165, 1.54) is 20.3 Å². The lowest BCUT2D eigenvalue weighted by Gasteiger charge is -2.11. The van der Waals surface area contributed by atoms with E-state index in [2.05, 4.69) is 9.82 Å². The number of methoxy groups -OCH3 is 2. The first-order valence-electron chi connectivity index (χ1n) is 8.35. The maximum Gasteiger partial charge on any atom is 0.244 e. The van der Waals surface area contributed by atoms with Crippen molar-refractivity contribution in [3.05, 3.63) is 66.5 Å². The van der Waals surface area contributed by atoms with Gasteiger partial charge in [-0.1, -0.05) is 18.2 Å². The van der Waals surface area contributed by atoms with Gasteiger partial charge in [-0.25, -0.2) is 17.8 Å². The van der Waals surface area contributed by atoms with Gasteiger partial charge < -0.3 is 9.47 Å². The predicted octanol–water partition coefficient (Wildman–Crippen LogP) is 2.41. The molecule has 0 atom stereocenters. The Bertz CT molecular complexity index is 1000. The SMILES string of the molecule is COc1ccc(OC)c(S(=O)(=O)NCCc2ccn(-c3ccccc3)n2)c1. The highest BCUT2D eigenvalue weighted by atomic mass is 32.2. The number of aromatic nitrogens is 2. The van der Waals surface area contributed by atoms with Gasteiger partial charge in [0.25, 0.3) is 0 Å². The minimum absolute atomic E-state index is 0.0409. The Labute approximate surface area is 158 Å². The van der Waals surface area contributed by atoms with Crippen LogP contribution >= 0.6 is 0 Å². The van der Waals surface area contributed by atoms with Gasteiger partial charge in [0.05, 0.1) is 25.6 Å². The molecule has 0 saturated heterocycles. The highest BCUT2D eigenvalue weighted by Crippen LogP contribution is 2.27. The summed E-state index contributed by atoms with van der Waals surface area (Å²) in [5.74, 6) is 0.703. The van der Waals surface area contributed by atoms with Crippen LogP contribution < -0.4 is 14.2 Å². The lowest BCUT2D eigenvalue weighted by atomic mass is 10.3. The molecule has 0 unspecified atom stereocenters. The van der Waals surface area contributed by atoms with Crippen LogP contribution in [0.1, 0.15) is 5.69 Å². The van der Waals surface area contributed by atoms with Crippen molar-refractivity contribution in [1.29, 1.82) is 0 Å². The molecule has 27 heavy (non-hydrogen) atoms. The van der Waals surface area contributed by atoms with E-state index in [1.54, 1.807) is 16.8 Å². The molecule has 0 fully saturated rings. The van der Waals surface area contributed by atoms with E-state index in [1.807, 2.05) is 42.6 Å². The Hall–Kier alpha value is -2.84. The molecule has 0 spiro atoms. The molecule has 0 saturated carbocycles. The first-order chi connectivity index (χ1) is 13.0. The third-order valence-electron chi connectivity index (χ3n) is 4.00. The zero-order valence-corrected chi connectivity index (χ0v) is 15.9. The number of para-hydroxylation sites is 1. The molecule has 7 nitrogen and oxygen atoms in total. The van der Waals surface area contributed by atoms with Crippen molar-refractivity contribution in [2.75, 3.05) is 20.8 Å². The average molecular weight is 387 g/mol. The summed E-state index contributed by atoms with van der Waals surface area (Å²) in [6.45, 7) is 0.217. The Morgan fingerprint density at radius 1 is 1.04 bits per heavy atom. The summed E-state index contributed by atoms with van der Waals surface area (Å²) < 4.78 is 39.9. The lowest BCUT2D eigenvalue weighted by Crippen LogP contribution is -2.26. The predicted molar refractivity (Wildman–Crippen MR) is 102 cm³/mol. The molecule has 142 valence electrons. The third kappa shape index (κ3) is 4.47. The molecule has 1 heterocycles. The van der Waals surface area contributed by atoms with Crippen LogP contribution in [0.3, 0.4) is 0 Å². The van der Waals surface area contributed by atoms with Gasteiger partial charge in [0.1, 0.15) is 16.4 Å². The normalized spacial score (nSPS) is 11.3. The van der Waals surface area contributed by atoms with Crippen molar-refractivity contribution in [3.63, 3.8) is 0 Å². The molecule has 2 aromatic carbocycles. The second-order valence-corrected chi connectivity index (χ2v) is 7.49. The number of ether oxygens (including phenoxy) is 2. The third-order valence-corrected chi connectivity index (χ3v) is 5.48. The number of nitrogens with one attached hydrogen (secondary N) is 1. The fourth-order valence-corrected chi connectivity index (χ4v) is 3.82. The maximum atomic E-state index is 12.6. The monoisotopic (exact) mass is 387 g/mol. The number of benzene rings is 2. The topological polar surface area (TPSA) is 82.5 Å². The lowest BCUT2D eigenvalue weighted by molar-refractivity contribution is 0.392. The van der Waals surface area contributed by atoms with E-state index in [-0.39, 0.29) is 17.2 Å². The summed E-state index contributed by atoms with van der Waals surface area (Å²) in [6, 6.07) is 16.2. The van der Waals surface area contributed by atoms with Crippen LogP contribution in [0.15, 0.2) is 65.7 Å². The van der Waals surface area contributed by atoms with Gasteiger partial charge in [-0.3, -0.25) is 0 Å². The molecule has 3 aromatic rings. The maximum absolute atomic E-state index is 12.6. The summed E-state index contributed by atoms with van der Waals surface area (Å²) in [5.41, 5.74) is 1.74. The Morgan fingerprint density at radius 2 is 1.81 bits per heavy atom. The quantitative estimate of drug-likeness (QED) is 0.642. The largest absolute Gasteiger partial charge is 0.497 e. The van der Waals surface area contributed by atoms with Crippen LogP contribution in [0.5, 0.6) is 11.5 Å². The van der Waals surface area contributed by atoms with Gasteiger partial charge in [0, 0.05) is 25.2 Å². The average Bonchev–Trinajstić information content (AvgIpc) is 3.17. The Kier molecular flexibility index (Phi) is 5.78. The van der Waals surface area contributed by atoms with E-state index in [9.17, 15) is 8.42 Å². The summed E-state index contributed by atoms with van der Waals surface area (Å²) in [7, 11) is -0.832. The second kappa shape index (κ2) is 8.24. The summed E-state index contributed by atoms with van der Waals surface area (Å²) in [4.78, 5) is 0.0409. The standard InChI is InChI=1S/C19H21N3O4S/c1-25-17-8-9-18(26-2)19(14-17)27(23,24)20-12-10-15-11-13-22(21-15)16-6-4-3-5-7-16/h3-9,11,13-14,20H,10,12H2,1-2H3. The highest BCUT2D eigenvalue weighted by Gasteiger charge is 2.20. The molecular weight excluding hydrogens is 366 g/mol. The van der Waals surface area contributed by atoms with E-state index < -0.39 is 10.0 Å². The fourth-order valence-electron chi connectivity index (χ4n) is 2.60. The van der Waals surface area contributed by atoms with Crippen LogP contribution in [0.4, 0.5) is 0 Å². The van der Waals surface area contributed by atoms with Crippen molar-refractivity contribution in [3.8, 4) is 17.2 Å². The van der Waals surface area contributed by atoms with Crippen LogP contribution in [0.2, 0.25) is 0 Å². The van der Waals surface area contributed by atoms with Crippen LogP contribution in [0, 0.1) is 0 Å². The summed E-state index contributed by atoms with van der Waals surface area (Å²) in [6.07, 6.45) is 2.32. The van der Waals surface area contributed by atoms with Crippen LogP contribution in [-0.4, -0.2) is 39.0 Å². The van der Waals surface area contributed by atoms with E-state index in [0.717, 1.165) is 11.4 Å². The minimum Gasteiger partial charge on any atom is -0.497 e. The fraction of sp³-hybridized carbons (Fsp3) is 0.211. The molecule has 8 heteroatoms. The zero-order valence-electron chi connectivity index (χ0n) is 15.1. The van der Waals surface area contributed by atoms with Crippen molar-refractivity contribution in [2.45, 2.75) is 11.3 Å². The molecule has 0 amide bonds. The first-order valence-corrected chi connectivity index (χ1v) is 9.83. The molecule has 1 N–H and O–H groups in total. The van der Waals surface area contributed by atoms with Crippen molar-refractivity contribution >= 4 is 10.0 Å². The van der Waals surface area contributed by atoms with Gasteiger partial charge in [0.2, 0.25) is 10.0 Å². The molecule has 3 rings (SSSR count). The molecule has 1 aromatic heterocycles. The van der Waals surface area contributed by atoms with Gasteiger partial charge in [0.15, 0.2) is 0 Å². The number of sulfonamides is 1. The number of hydrogen-bond donors (Lipinski definition) is 1. The number of nitrogens with zero attached hydrogens (tertiary/aromatic N) is 2. The van der Waals surface area contributed by atoms with Crippen LogP contribution in [0.25, 0.3) is 5.69 Å². The van der Waals surface area contributed by atoms with Gasteiger partial charge in [-0.05, 0) is 30.3 Å². The van der Waals surface area contributed by atoms with Crippen LogP contribution in [-0.2, 0) is 16.4 Å². The molecular formula is C19H21N3O4S. The Balaban J connectivity index is 1.67. The van der Waals surface area contributed by atoms with Gasteiger partial charge in [-0.15, -0.1) is 0 Å². The van der Waals surface area contributed by atoms with Crippen molar-refractivity contribution < 1.29 is 17.9 Å². The minimum atomic E-state index is -3.74. The number of rotatable bonds is 8. The Morgan fingerprint density at radius 3 is 2.52 bits per heavy atom. The smallest absolute Gasteiger partial charge is 0.244 e. The summed E-state index contributed by atoms with van der Waals surface area (Å²) in [5, 5.41) is 4.47. The van der Waals surface area contributed by atoms with E-state index >= 15 is 0 Å². The van der Waals surface area contributed by atoms with E-state index in [0.29, 0.717) is 12.2 Å². The van der Waals surface area contributed by atoms with Crippen molar-refractivity contribution in [2.24, 2.45) is 0 Å². The molecule has 0 aliphatic rings. The zero-order chi connectivity index (χ0) is 19.3. The highest BCUT2D eigenvalue weighted by molar-refractivity contribution is 7.89. The molecule has 0 bridgehead atoms. The van der Waals surface area contributed by atoms with Crippen molar-refractivity contribution in [1.82, 2.24) is 14.5 Å². The molecule has 0 aliphatic heterocycles. The summed E-state index contributed by atoms with van der Waals surface area (Å²) >= 11 is 0. The molecule has 0 radical (unpaired) electrons. The van der Waals surface area contributed by atoms with Gasteiger partial charge in [-0.2, -0.15) is 5.10 Å².